The van der Waals surface area contributed by atoms with Crippen LogP contribution in [0.3, 0.4) is 0 Å². The molecule has 0 aliphatic rings. The van der Waals surface area contributed by atoms with Crippen LogP contribution in [0.1, 0.15) is 5.56 Å². The van der Waals surface area contributed by atoms with Crippen molar-refractivity contribution in [1.82, 2.24) is 19.9 Å². The zero-order valence-corrected chi connectivity index (χ0v) is 13.3. The fourth-order valence-corrected chi connectivity index (χ4v) is 4.82. The Morgan fingerprint density at radius 1 is 1.09 bits per heavy atom. The van der Waals surface area contributed by atoms with Crippen molar-refractivity contribution in [3.8, 4) is 0 Å². The highest BCUT2D eigenvalue weighted by molar-refractivity contribution is 8.00. The number of rotatable bonds is 6. The second-order valence-corrected chi connectivity index (χ2v) is 7.97. The second-order valence-electron chi connectivity index (χ2n) is 4.71. The maximum absolute atomic E-state index is 12.1. The highest BCUT2D eigenvalue weighted by Gasteiger charge is 2.13. The SMILES string of the molecule is O=S(=O)(CCSc1ncnc2nc[nH]c12)Cc1ccccc1. The van der Waals surface area contributed by atoms with E-state index in [4.69, 9.17) is 0 Å². The van der Waals surface area contributed by atoms with Gasteiger partial charge in [0.25, 0.3) is 0 Å². The number of thioether (sulfide) groups is 1. The van der Waals surface area contributed by atoms with Crippen LogP contribution in [0.25, 0.3) is 11.2 Å². The Labute approximate surface area is 132 Å². The second kappa shape index (κ2) is 6.45. The number of nitrogens with one attached hydrogen (secondary N) is 1. The van der Waals surface area contributed by atoms with E-state index in [2.05, 4.69) is 19.9 Å². The largest absolute Gasteiger partial charge is 0.341 e. The molecule has 0 unspecified atom stereocenters. The minimum Gasteiger partial charge on any atom is -0.341 e. The van der Waals surface area contributed by atoms with Crippen molar-refractivity contribution in [1.29, 1.82) is 0 Å². The van der Waals surface area contributed by atoms with Crippen LogP contribution in [-0.4, -0.2) is 39.9 Å². The van der Waals surface area contributed by atoms with Crippen molar-refractivity contribution in [2.24, 2.45) is 0 Å². The molecule has 22 heavy (non-hydrogen) atoms. The quantitative estimate of drug-likeness (QED) is 0.548. The normalized spacial score (nSPS) is 11.8. The van der Waals surface area contributed by atoms with Gasteiger partial charge in [-0.2, -0.15) is 0 Å². The number of benzene rings is 1. The predicted octanol–water partition coefficient (Wildman–Crippen LogP) is 2.06. The lowest BCUT2D eigenvalue weighted by Gasteiger charge is -2.04. The summed E-state index contributed by atoms with van der Waals surface area (Å²) in [6.45, 7) is 0. The van der Waals surface area contributed by atoms with Gasteiger partial charge in [-0.25, -0.2) is 23.4 Å². The Morgan fingerprint density at radius 2 is 1.91 bits per heavy atom. The topological polar surface area (TPSA) is 88.6 Å². The third-order valence-corrected chi connectivity index (χ3v) is 5.90. The van der Waals surface area contributed by atoms with Crippen LogP contribution in [0.4, 0.5) is 0 Å². The number of imidazole rings is 1. The van der Waals surface area contributed by atoms with Crippen LogP contribution in [0.5, 0.6) is 0 Å². The Kier molecular flexibility index (Phi) is 4.39. The molecule has 0 atom stereocenters. The van der Waals surface area contributed by atoms with E-state index >= 15 is 0 Å². The van der Waals surface area contributed by atoms with Crippen LogP contribution in [-0.2, 0) is 15.6 Å². The van der Waals surface area contributed by atoms with Gasteiger partial charge in [0.2, 0.25) is 0 Å². The molecule has 0 radical (unpaired) electrons. The molecular weight excluding hydrogens is 320 g/mol. The Hall–Kier alpha value is -1.93. The van der Waals surface area contributed by atoms with Gasteiger partial charge in [-0.1, -0.05) is 30.3 Å². The number of hydrogen-bond acceptors (Lipinski definition) is 6. The van der Waals surface area contributed by atoms with E-state index in [1.54, 1.807) is 6.33 Å². The summed E-state index contributed by atoms with van der Waals surface area (Å²) in [5.74, 6) is 0.615. The maximum Gasteiger partial charge on any atom is 0.181 e. The third kappa shape index (κ3) is 3.63. The highest BCUT2D eigenvalue weighted by atomic mass is 32.2. The molecule has 0 bridgehead atoms. The van der Waals surface area contributed by atoms with Crippen molar-refractivity contribution < 1.29 is 8.42 Å². The minimum absolute atomic E-state index is 0.0671. The van der Waals surface area contributed by atoms with Gasteiger partial charge in [-0.15, -0.1) is 11.8 Å². The lowest BCUT2D eigenvalue weighted by atomic mass is 10.2. The molecule has 0 saturated heterocycles. The van der Waals surface area contributed by atoms with Gasteiger partial charge in [0.15, 0.2) is 15.5 Å². The monoisotopic (exact) mass is 334 g/mol. The lowest BCUT2D eigenvalue weighted by molar-refractivity contribution is 0.597. The molecular formula is C14H14N4O2S2. The summed E-state index contributed by atoms with van der Waals surface area (Å²) in [6, 6.07) is 9.20. The summed E-state index contributed by atoms with van der Waals surface area (Å²) < 4.78 is 24.3. The summed E-state index contributed by atoms with van der Waals surface area (Å²) in [5, 5.41) is 0.720. The number of fused-ring (bicyclic) bond motifs is 1. The maximum atomic E-state index is 12.1. The minimum atomic E-state index is -3.13. The Balaban J connectivity index is 1.62. The summed E-state index contributed by atoms with van der Waals surface area (Å²) >= 11 is 1.39. The van der Waals surface area contributed by atoms with Crippen molar-refractivity contribution in [2.45, 2.75) is 10.8 Å². The zero-order valence-electron chi connectivity index (χ0n) is 11.6. The van der Waals surface area contributed by atoms with Gasteiger partial charge < -0.3 is 4.98 Å². The fourth-order valence-electron chi connectivity index (χ4n) is 2.02. The number of H-pyrrole nitrogens is 1. The number of hydrogen-bond donors (Lipinski definition) is 1. The molecule has 0 aliphatic heterocycles. The van der Waals surface area contributed by atoms with E-state index in [-0.39, 0.29) is 11.5 Å². The van der Waals surface area contributed by atoms with Gasteiger partial charge in [-0.3, -0.25) is 0 Å². The van der Waals surface area contributed by atoms with E-state index < -0.39 is 9.84 Å². The highest BCUT2D eigenvalue weighted by Crippen LogP contribution is 2.22. The number of aromatic amines is 1. The molecule has 1 N–H and O–H groups in total. The molecule has 0 spiro atoms. The van der Waals surface area contributed by atoms with E-state index in [9.17, 15) is 8.42 Å². The summed E-state index contributed by atoms with van der Waals surface area (Å²) in [4.78, 5) is 15.2. The molecule has 0 saturated carbocycles. The molecule has 6 nitrogen and oxygen atoms in total. The molecule has 8 heteroatoms. The first-order chi connectivity index (χ1) is 10.6. The molecule has 2 heterocycles. The van der Waals surface area contributed by atoms with Crippen LogP contribution >= 0.6 is 11.8 Å². The van der Waals surface area contributed by atoms with Gasteiger partial charge in [0, 0.05) is 5.75 Å². The molecule has 114 valence electrons. The van der Waals surface area contributed by atoms with Gasteiger partial charge >= 0.3 is 0 Å². The van der Waals surface area contributed by atoms with Crippen molar-refractivity contribution >= 4 is 32.8 Å². The Bertz CT molecular complexity index is 863. The fraction of sp³-hybridized carbons (Fsp3) is 0.214. The third-order valence-electron chi connectivity index (χ3n) is 3.05. The number of aromatic nitrogens is 4. The molecule has 1 aromatic carbocycles. The van der Waals surface area contributed by atoms with Crippen LogP contribution in [0.2, 0.25) is 0 Å². The molecule has 0 aliphatic carbocycles. The summed E-state index contributed by atoms with van der Waals surface area (Å²) in [7, 11) is -3.13. The van der Waals surface area contributed by atoms with Crippen molar-refractivity contribution in [2.75, 3.05) is 11.5 Å². The van der Waals surface area contributed by atoms with E-state index in [0.29, 0.717) is 11.4 Å². The van der Waals surface area contributed by atoms with Gasteiger partial charge in [0.1, 0.15) is 16.9 Å². The average Bonchev–Trinajstić information content (AvgIpc) is 2.97. The first-order valence-corrected chi connectivity index (χ1v) is 9.46. The summed E-state index contributed by atoms with van der Waals surface area (Å²) in [5.41, 5.74) is 2.14. The molecule has 3 rings (SSSR count). The molecule has 0 amide bonds. The molecule has 0 fully saturated rings. The average molecular weight is 334 g/mol. The van der Waals surface area contributed by atoms with E-state index in [1.807, 2.05) is 30.3 Å². The van der Waals surface area contributed by atoms with Crippen molar-refractivity contribution in [3.63, 3.8) is 0 Å². The zero-order chi connectivity index (χ0) is 15.4. The smallest absolute Gasteiger partial charge is 0.181 e. The molecule has 3 aromatic rings. The van der Waals surface area contributed by atoms with Crippen molar-refractivity contribution in [3.05, 3.63) is 48.5 Å². The number of nitrogens with zero attached hydrogens (tertiary/aromatic N) is 3. The summed E-state index contributed by atoms with van der Waals surface area (Å²) in [6.07, 6.45) is 2.99. The van der Waals surface area contributed by atoms with Gasteiger partial charge in [0.05, 0.1) is 17.8 Å². The van der Waals surface area contributed by atoms with E-state index in [0.717, 1.165) is 16.1 Å². The van der Waals surface area contributed by atoms with Crippen LogP contribution in [0, 0.1) is 0 Å². The standard InChI is InChI=1S/C14H14N4O2S2/c19-22(20,8-11-4-2-1-3-5-11)7-6-21-14-12-13(16-9-15-12)17-10-18-14/h1-5,9-10H,6-8H2,(H,15,16,17,18). The predicted molar refractivity (Wildman–Crippen MR) is 86.3 cm³/mol. The Morgan fingerprint density at radius 3 is 2.73 bits per heavy atom. The lowest BCUT2D eigenvalue weighted by Crippen LogP contribution is -2.11. The van der Waals surface area contributed by atoms with Crippen LogP contribution in [0.15, 0.2) is 48.0 Å². The molecule has 2 aromatic heterocycles. The van der Waals surface area contributed by atoms with E-state index in [1.165, 1.54) is 18.1 Å². The van der Waals surface area contributed by atoms with Gasteiger partial charge in [-0.05, 0) is 5.56 Å². The number of sulfone groups is 1. The van der Waals surface area contributed by atoms with Crippen LogP contribution < -0.4 is 0 Å². The first kappa shape index (κ1) is 15.0. The first-order valence-electron chi connectivity index (χ1n) is 6.65.